The van der Waals surface area contributed by atoms with Crippen molar-refractivity contribution in [3.63, 3.8) is 0 Å². The van der Waals surface area contributed by atoms with Gasteiger partial charge in [-0.25, -0.2) is 9.78 Å². The molecule has 0 unspecified atom stereocenters. The maximum atomic E-state index is 11.9. The number of fused-ring (bicyclic) bond motifs is 1. The molecule has 0 bridgehead atoms. The van der Waals surface area contributed by atoms with Gasteiger partial charge in [0.15, 0.2) is 23.1 Å². The number of methoxy groups -OCH3 is 1. The molecule has 0 saturated heterocycles. The number of carbonyl (C=O) groups is 1. The molecule has 8 heteroatoms. The van der Waals surface area contributed by atoms with Gasteiger partial charge in [-0.05, 0) is 24.1 Å². The van der Waals surface area contributed by atoms with Gasteiger partial charge in [-0.3, -0.25) is 9.20 Å². The highest BCUT2D eigenvalue weighted by atomic mass is 32.1. The van der Waals surface area contributed by atoms with Crippen LogP contribution in [0.5, 0.6) is 11.5 Å². The number of rotatable bonds is 8. The molecule has 0 saturated carbocycles. The van der Waals surface area contributed by atoms with Crippen LogP contribution in [-0.4, -0.2) is 29.1 Å². The zero-order chi connectivity index (χ0) is 19.2. The van der Waals surface area contributed by atoms with Gasteiger partial charge in [-0.15, -0.1) is 17.9 Å². The lowest BCUT2D eigenvalue weighted by Crippen LogP contribution is -2.17. The molecule has 0 atom stereocenters. The Labute approximate surface area is 159 Å². The first-order valence-electron chi connectivity index (χ1n) is 8.12. The SMILES string of the molecule is C=CCc1ccc(OCC(=O)OCc2cc(=O)n3ccsc3n2)c(OC)c1. The fraction of sp³-hybridized carbons (Fsp3) is 0.211. The summed E-state index contributed by atoms with van der Waals surface area (Å²) in [6.45, 7) is 3.32. The fourth-order valence-corrected chi connectivity index (χ4v) is 3.16. The third-order valence-corrected chi connectivity index (χ3v) is 4.45. The fourth-order valence-electron chi connectivity index (χ4n) is 2.42. The number of esters is 1. The molecule has 1 aromatic carbocycles. The van der Waals surface area contributed by atoms with E-state index in [1.165, 1.54) is 28.9 Å². The molecule has 0 amide bonds. The van der Waals surface area contributed by atoms with E-state index in [9.17, 15) is 9.59 Å². The van der Waals surface area contributed by atoms with Crippen LogP contribution in [0.2, 0.25) is 0 Å². The van der Waals surface area contributed by atoms with Crippen molar-refractivity contribution in [3.05, 3.63) is 70.1 Å². The van der Waals surface area contributed by atoms with Crippen molar-refractivity contribution < 1.29 is 19.0 Å². The lowest BCUT2D eigenvalue weighted by atomic mass is 10.1. The minimum atomic E-state index is -0.569. The summed E-state index contributed by atoms with van der Waals surface area (Å²) in [5, 5.41) is 1.76. The van der Waals surface area contributed by atoms with Crippen molar-refractivity contribution >= 4 is 22.3 Å². The van der Waals surface area contributed by atoms with E-state index in [1.807, 2.05) is 12.1 Å². The van der Waals surface area contributed by atoms with Gasteiger partial charge in [0.25, 0.3) is 5.56 Å². The van der Waals surface area contributed by atoms with Gasteiger partial charge >= 0.3 is 5.97 Å². The number of allylic oxidation sites excluding steroid dienone is 1. The van der Waals surface area contributed by atoms with Gasteiger partial charge in [0, 0.05) is 17.6 Å². The summed E-state index contributed by atoms with van der Waals surface area (Å²) < 4.78 is 17.3. The average Bonchev–Trinajstić information content (AvgIpc) is 3.14. The van der Waals surface area contributed by atoms with E-state index in [1.54, 1.807) is 23.7 Å². The quantitative estimate of drug-likeness (QED) is 0.437. The summed E-state index contributed by atoms with van der Waals surface area (Å²) in [5.74, 6) is 0.402. The van der Waals surface area contributed by atoms with Crippen molar-refractivity contribution in [2.45, 2.75) is 13.0 Å². The largest absolute Gasteiger partial charge is 0.493 e. The summed E-state index contributed by atoms with van der Waals surface area (Å²) in [5.41, 5.74) is 1.20. The molecule has 2 heterocycles. The molecule has 140 valence electrons. The minimum Gasteiger partial charge on any atom is -0.493 e. The number of benzene rings is 1. The van der Waals surface area contributed by atoms with E-state index < -0.39 is 5.97 Å². The molecule has 7 nitrogen and oxygen atoms in total. The Morgan fingerprint density at radius 2 is 2.19 bits per heavy atom. The molecule has 0 aliphatic carbocycles. The Bertz CT molecular complexity index is 1020. The second-order valence-corrected chi connectivity index (χ2v) is 6.44. The number of ether oxygens (including phenoxy) is 3. The normalized spacial score (nSPS) is 10.6. The lowest BCUT2D eigenvalue weighted by Gasteiger charge is -2.11. The van der Waals surface area contributed by atoms with Gasteiger partial charge in [0.2, 0.25) is 0 Å². The Morgan fingerprint density at radius 1 is 1.33 bits per heavy atom. The third-order valence-electron chi connectivity index (χ3n) is 3.69. The Balaban J connectivity index is 1.57. The van der Waals surface area contributed by atoms with Gasteiger partial charge < -0.3 is 14.2 Å². The number of thiazole rings is 1. The molecule has 0 spiro atoms. The summed E-state index contributed by atoms with van der Waals surface area (Å²) >= 11 is 1.33. The van der Waals surface area contributed by atoms with Crippen molar-refractivity contribution in [1.29, 1.82) is 0 Å². The molecule has 27 heavy (non-hydrogen) atoms. The molecular formula is C19H18N2O5S. The van der Waals surface area contributed by atoms with E-state index in [0.717, 1.165) is 5.56 Å². The molecule has 2 aromatic heterocycles. The topological polar surface area (TPSA) is 79.1 Å². The molecule has 0 aliphatic heterocycles. The number of hydrogen-bond donors (Lipinski definition) is 0. The zero-order valence-corrected chi connectivity index (χ0v) is 15.5. The van der Waals surface area contributed by atoms with Crippen LogP contribution in [0.15, 0.2) is 53.3 Å². The van der Waals surface area contributed by atoms with Crippen molar-refractivity contribution in [1.82, 2.24) is 9.38 Å². The van der Waals surface area contributed by atoms with Crippen LogP contribution in [0, 0.1) is 0 Å². The van der Waals surface area contributed by atoms with Crippen LogP contribution in [0.3, 0.4) is 0 Å². The standard InChI is InChI=1S/C19H18N2O5S/c1-3-4-13-5-6-15(16(9-13)24-2)25-12-18(23)26-11-14-10-17(22)21-7-8-27-19(21)20-14/h3,5-10H,1,4,11-12H2,2H3. The van der Waals surface area contributed by atoms with E-state index in [0.29, 0.717) is 28.6 Å². The predicted molar refractivity (Wildman–Crippen MR) is 102 cm³/mol. The van der Waals surface area contributed by atoms with E-state index in [-0.39, 0.29) is 18.8 Å². The van der Waals surface area contributed by atoms with Crippen LogP contribution >= 0.6 is 11.3 Å². The summed E-state index contributed by atoms with van der Waals surface area (Å²) in [6, 6.07) is 6.78. The predicted octanol–water partition coefficient (Wildman–Crippen LogP) is 2.62. The van der Waals surface area contributed by atoms with Gasteiger partial charge in [-0.2, -0.15) is 0 Å². The Kier molecular flexibility index (Phi) is 5.87. The van der Waals surface area contributed by atoms with E-state index in [2.05, 4.69) is 11.6 Å². The monoisotopic (exact) mass is 386 g/mol. The highest BCUT2D eigenvalue weighted by Gasteiger charge is 2.11. The second kappa shape index (κ2) is 8.50. The minimum absolute atomic E-state index is 0.0960. The van der Waals surface area contributed by atoms with Gasteiger partial charge in [0.1, 0.15) is 6.61 Å². The summed E-state index contributed by atoms with van der Waals surface area (Å²) in [4.78, 5) is 28.7. The summed E-state index contributed by atoms with van der Waals surface area (Å²) in [6.07, 6.45) is 4.15. The Hall–Kier alpha value is -3.13. The van der Waals surface area contributed by atoms with Crippen LogP contribution in [-0.2, 0) is 22.6 Å². The Morgan fingerprint density at radius 3 is 2.96 bits per heavy atom. The van der Waals surface area contributed by atoms with Crippen LogP contribution in [0.1, 0.15) is 11.3 Å². The van der Waals surface area contributed by atoms with Crippen molar-refractivity contribution in [2.75, 3.05) is 13.7 Å². The van der Waals surface area contributed by atoms with Crippen LogP contribution in [0.4, 0.5) is 0 Å². The van der Waals surface area contributed by atoms with E-state index in [4.69, 9.17) is 14.2 Å². The van der Waals surface area contributed by atoms with Crippen LogP contribution in [0.25, 0.3) is 4.96 Å². The van der Waals surface area contributed by atoms with Crippen LogP contribution < -0.4 is 15.0 Å². The molecule has 0 N–H and O–H groups in total. The third kappa shape index (κ3) is 4.53. The van der Waals surface area contributed by atoms with Crippen molar-refractivity contribution in [3.8, 4) is 11.5 Å². The molecule has 3 rings (SSSR count). The molecule has 0 fully saturated rings. The molecular weight excluding hydrogens is 368 g/mol. The number of aromatic nitrogens is 2. The average molecular weight is 386 g/mol. The highest BCUT2D eigenvalue weighted by Crippen LogP contribution is 2.28. The number of hydrogen-bond acceptors (Lipinski definition) is 7. The van der Waals surface area contributed by atoms with E-state index >= 15 is 0 Å². The smallest absolute Gasteiger partial charge is 0.344 e. The maximum Gasteiger partial charge on any atom is 0.344 e. The lowest BCUT2D eigenvalue weighted by molar-refractivity contribution is -0.147. The van der Waals surface area contributed by atoms with Crippen molar-refractivity contribution in [2.24, 2.45) is 0 Å². The zero-order valence-electron chi connectivity index (χ0n) is 14.7. The highest BCUT2D eigenvalue weighted by molar-refractivity contribution is 7.15. The number of nitrogens with zero attached hydrogens (tertiary/aromatic N) is 2. The summed E-state index contributed by atoms with van der Waals surface area (Å²) in [7, 11) is 1.53. The van der Waals surface area contributed by atoms with Gasteiger partial charge in [-0.1, -0.05) is 12.1 Å². The molecule has 0 aliphatic rings. The molecule has 3 aromatic rings. The maximum absolute atomic E-state index is 11.9. The first kappa shape index (κ1) is 18.7. The van der Waals surface area contributed by atoms with Gasteiger partial charge in [0.05, 0.1) is 12.8 Å². The first-order chi connectivity index (χ1) is 13.1. The molecule has 0 radical (unpaired) electrons. The first-order valence-corrected chi connectivity index (χ1v) is 9.00. The number of carbonyl (C=O) groups excluding carboxylic acids is 1. The second-order valence-electron chi connectivity index (χ2n) is 5.57.